The van der Waals surface area contributed by atoms with Crippen LogP contribution in [0.5, 0.6) is 0 Å². The highest BCUT2D eigenvalue weighted by Gasteiger charge is 2.27. The molecular formula is C16H23ClN4O4. The van der Waals surface area contributed by atoms with Crippen LogP contribution in [0.25, 0.3) is 0 Å². The van der Waals surface area contributed by atoms with E-state index in [1.807, 2.05) is 14.0 Å². The predicted octanol–water partition coefficient (Wildman–Crippen LogP) is 1.16. The van der Waals surface area contributed by atoms with Gasteiger partial charge >= 0.3 is 0 Å². The van der Waals surface area contributed by atoms with E-state index in [2.05, 4.69) is 5.32 Å². The zero-order valence-electron chi connectivity index (χ0n) is 14.3. The fraction of sp³-hybridized carbons (Fsp3) is 0.500. The van der Waals surface area contributed by atoms with Gasteiger partial charge in [-0.25, -0.2) is 0 Å². The van der Waals surface area contributed by atoms with Crippen molar-refractivity contribution < 1.29 is 14.5 Å². The number of hydrogen-bond acceptors (Lipinski definition) is 5. The van der Waals surface area contributed by atoms with Crippen LogP contribution < -0.4 is 5.32 Å². The maximum absolute atomic E-state index is 12.4. The lowest BCUT2D eigenvalue weighted by Crippen LogP contribution is -2.52. The van der Waals surface area contributed by atoms with Crippen LogP contribution in [0.1, 0.15) is 17.3 Å². The van der Waals surface area contributed by atoms with Gasteiger partial charge in [0.05, 0.1) is 4.92 Å². The first kappa shape index (κ1) is 20.9. The molecule has 2 rings (SSSR count). The number of halogens is 1. The lowest BCUT2D eigenvalue weighted by atomic mass is 10.1. The number of carbonyl (C=O) groups excluding carboxylic acids is 2. The van der Waals surface area contributed by atoms with Gasteiger partial charge in [0.1, 0.15) is 0 Å². The molecule has 1 fully saturated rings. The van der Waals surface area contributed by atoms with Crippen molar-refractivity contribution in [3.63, 3.8) is 0 Å². The number of rotatable bonds is 5. The number of carbonyl (C=O) groups is 2. The number of nitro benzene ring substituents is 1. The van der Waals surface area contributed by atoms with E-state index in [-0.39, 0.29) is 35.8 Å². The molecule has 1 N–H and O–H groups in total. The summed E-state index contributed by atoms with van der Waals surface area (Å²) >= 11 is 0. The molecule has 1 aromatic carbocycles. The molecule has 138 valence electrons. The van der Waals surface area contributed by atoms with E-state index in [1.54, 1.807) is 9.80 Å². The highest BCUT2D eigenvalue weighted by atomic mass is 35.5. The van der Waals surface area contributed by atoms with Crippen molar-refractivity contribution in [3.05, 3.63) is 39.9 Å². The van der Waals surface area contributed by atoms with Gasteiger partial charge in [-0.2, -0.15) is 0 Å². The number of nitrogens with zero attached hydrogens (tertiary/aromatic N) is 3. The third-order valence-electron chi connectivity index (χ3n) is 4.14. The Morgan fingerprint density at radius 3 is 2.16 bits per heavy atom. The standard InChI is InChI=1S/C16H22N4O4.ClH/c1-12(11-17-2)15(21)18-7-9-19(10-8-18)16(22)13-3-5-14(6-4-13)20(23)24;/h3-6,12,17H,7-11H2,1-2H3;1H. The number of piperazine rings is 1. The summed E-state index contributed by atoms with van der Waals surface area (Å²) in [6.07, 6.45) is 0. The highest BCUT2D eigenvalue weighted by Crippen LogP contribution is 2.15. The van der Waals surface area contributed by atoms with E-state index in [0.29, 0.717) is 38.3 Å². The van der Waals surface area contributed by atoms with Crippen molar-refractivity contribution in [3.8, 4) is 0 Å². The molecule has 0 bridgehead atoms. The molecule has 1 aliphatic rings. The molecule has 1 aliphatic heterocycles. The summed E-state index contributed by atoms with van der Waals surface area (Å²) in [5.41, 5.74) is 0.379. The molecule has 1 aromatic rings. The largest absolute Gasteiger partial charge is 0.339 e. The van der Waals surface area contributed by atoms with E-state index in [1.165, 1.54) is 24.3 Å². The zero-order chi connectivity index (χ0) is 17.7. The molecule has 9 heteroatoms. The van der Waals surface area contributed by atoms with Gasteiger partial charge in [0.2, 0.25) is 5.91 Å². The van der Waals surface area contributed by atoms with Gasteiger partial charge < -0.3 is 15.1 Å². The summed E-state index contributed by atoms with van der Waals surface area (Å²) in [5.74, 6) is -0.168. The van der Waals surface area contributed by atoms with E-state index in [4.69, 9.17) is 0 Å². The first-order valence-electron chi connectivity index (χ1n) is 7.91. The van der Waals surface area contributed by atoms with Gasteiger partial charge in [-0.05, 0) is 19.2 Å². The molecule has 0 saturated carbocycles. The average molecular weight is 371 g/mol. The first-order chi connectivity index (χ1) is 11.4. The number of amides is 2. The Hall–Kier alpha value is -2.19. The van der Waals surface area contributed by atoms with Gasteiger partial charge in [-0.3, -0.25) is 19.7 Å². The van der Waals surface area contributed by atoms with Crippen LogP contribution in [-0.4, -0.2) is 66.3 Å². The van der Waals surface area contributed by atoms with Gasteiger partial charge in [-0.15, -0.1) is 12.4 Å². The Morgan fingerprint density at radius 2 is 1.68 bits per heavy atom. The van der Waals surface area contributed by atoms with Crippen LogP contribution in [0, 0.1) is 16.0 Å². The first-order valence-corrected chi connectivity index (χ1v) is 7.91. The zero-order valence-corrected chi connectivity index (χ0v) is 15.1. The Kier molecular flexibility index (Phi) is 7.79. The van der Waals surface area contributed by atoms with Crippen LogP contribution in [0.3, 0.4) is 0 Å². The molecule has 0 aromatic heterocycles. The van der Waals surface area contributed by atoms with Crippen LogP contribution >= 0.6 is 12.4 Å². The van der Waals surface area contributed by atoms with Crippen LogP contribution in [0.4, 0.5) is 5.69 Å². The third kappa shape index (κ3) is 5.14. The quantitative estimate of drug-likeness (QED) is 0.619. The minimum Gasteiger partial charge on any atom is -0.339 e. The van der Waals surface area contributed by atoms with Crippen molar-refractivity contribution >= 4 is 29.9 Å². The Bertz CT molecular complexity index is 615. The maximum Gasteiger partial charge on any atom is 0.269 e. The summed E-state index contributed by atoms with van der Waals surface area (Å²) in [6.45, 7) is 4.45. The molecule has 1 saturated heterocycles. The molecular weight excluding hydrogens is 348 g/mol. The third-order valence-corrected chi connectivity index (χ3v) is 4.14. The van der Waals surface area contributed by atoms with Crippen LogP contribution in [-0.2, 0) is 4.79 Å². The van der Waals surface area contributed by atoms with Crippen molar-refractivity contribution in [2.75, 3.05) is 39.8 Å². The summed E-state index contributed by atoms with van der Waals surface area (Å²) < 4.78 is 0. The van der Waals surface area contributed by atoms with Crippen molar-refractivity contribution in [2.24, 2.45) is 5.92 Å². The van der Waals surface area contributed by atoms with Crippen molar-refractivity contribution in [1.82, 2.24) is 15.1 Å². The average Bonchev–Trinajstić information content (AvgIpc) is 2.61. The number of nitro groups is 1. The van der Waals surface area contributed by atoms with Crippen molar-refractivity contribution in [2.45, 2.75) is 6.92 Å². The van der Waals surface area contributed by atoms with Crippen LogP contribution in [0.15, 0.2) is 24.3 Å². The Morgan fingerprint density at radius 1 is 1.16 bits per heavy atom. The van der Waals surface area contributed by atoms with E-state index >= 15 is 0 Å². The van der Waals surface area contributed by atoms with Crippen molar-refractivity contribution in [1.29, 1.82) is 0 Å². The lowest BCUT2D eigenvalue weighted by Gasteiger charge is -2.36. The van der Waals surface area contributed by atoms with Gasteiger partial charge in [0.25, 0.3) is 11.6 Å². The minimum absolute atomic E-state index is 0. The SMILES string of the molecule is CNCC(C)C(=O)N1CCN(C(=O)c2ccc([N+](=O)[O-])cc2)CC1.Cl. The van der Waals surface area contributed by atoms with Gasteiger partial charge in [-0.1, -0.05) is 6.92 Å². The van der Waals surface area contributed by atoms with Gasteiger partial charge in [0.15, 0.2) is 0 Å². The summed E-state index contributed by atoms with van der Waals surface area (Å²) in [6, 6.07) is 5.58. The molecule has 1 atom stereocenters. The number of benzene rings is 1. The fourth-order valence-corrected chi connectivity index (χ4v) is 2.74. The Balaban J connectivity index is 0.00000312. The number of non-ortho nitro benzene ring substituents is 1. The minimum atomic E-state index is -0.495. The van der Waals surface area contributed by atoms with Gasteiger partial charge in [0, 0.05) is 56.3 Å². The maximum atomic E-state index is 12.4. The molecule has 2 amide bonds. The van der Waals surface area contributed by atoms with E-state index < -0.39 is 4.92 Å². The second kappa shape index (κ2) is 9.33. The number of hydrogen-bond donors (Lipinski definition) is 1. The molecule has 1 heterocycles. The number of nitrogens with one attached hydrogen (secondary N) is 1. The monoisotopic (exact) mass is 370 g/mol. The molecule has 0 aliphatic carbocycles. The molecule has 8 nitrogen and oxygen atoms in total. The summed E-state index contributed by atoms with van der Waals surface area (Å²) in [4.78, 5) is 38.3. The summed E-state index contributed by atoms with van der Waals surface area (Å²) in [7, 11) is 1.81. The molecule has 1 unspecified atom stereocenters. The summed E-state index contributed by atoms with van der Waals surface area (Å²) in [5, 5.41) is 13.6. The second-order valence-electron chi connectivity index (χ2n) is 5.88. The predicted molar refractivity (Wildman–Crippen MR) is 95.9 cm³/mol. The molecule has 0 radical (unpaired) electrons. The second-order valence-corrected chi connectivity index (χ2v) is 5.88. The lowest BCUT2D eigenvalue weighted by molar-refractivity contribution is -0.384. The Labute approximate surface area is 152 Å². The molecule has 0 spiro atoms. The molecule has 25 heavy (non-hydrogen) atoms. The fourth-order valence-electron chi connectivity index (χ4n) is 2.74. The van der Waals surface area contributed by atoms with E-state index in [9.17, 15) is 19.7 Å². The smallest absolute Gasteiger partial charge is 0.269 e. The van der Waals surface area contributed by atoms with E-state index in [0.717, 1.165) is 0 Å². The topological polar surface area (TPSA) is 95.8 Å². The highest BCUT2D eigenvalue weighted by molar-refractivity contribution is 5.94. The normalized spacial score (nSPS) is 15.3. The van der Waals surface area contributed by atoms with Crippen LogP contribution in [0.2, 0.25) is 0 Å².